The summed E-state index contributed by atoms with van der Waals surface area (Å²) in [6.07, 6.45) is 3.67. The summed E-state index contributed by atoms with van der Waals surface area (Å²) >= 11 is 11.9. The number of halogens is 2. The van der Waals surface area contributed by atoms with Gasteiger partial charge in [0.25, 0.3) is 0 Å². The highest BCUT2D eigenvalue weighted by Crippen LogP contribution is 2.27. The second kappa shape index (κ2) is 6.64. The van der Waals surface area contributed by atoms with Crippen molar-refractivity contribution in [2.75, 3.05) is 37.7 Å². The van der Waals surface area contributed by atoms with Crippen LogP contribution in [0.4, 0.5) is 11.6 Å². The summed E-state index contributed by atoms with van der Waals surface area (Å²) in [5.74, 6) is 1.72. The molecule has 0 atom stereocenters. The van der Waals surface area contributed by atoms with E-state index >= 15 is 0 Å². The first-order valence-corrected chi connectivity index (χ1v) is 7.36. The standard InChI is InChI=1S/C13H20Cl2N4/c1-19-6-3-9(4-7-19)2-5-17-13-11(15)8-10(14)12(16)18-13/h8-9H,2-7H2,1H3,(H3,16,17,18). The lowest BCUT2D eigenvalue weighted by Crippen LogP contribution is -2.30. The molecular weight excluding hydrogens is 283 g/mol. The van der Waals surface area contributed by atoms with Crippen LogP contribution in [0.2, 0.25) is 10.0 Å². The van der Waals surface area contributed by atoms with Crippen LogP contribution >= 0.6 is 23.2 Å². The molecule has 0 saturated carbocycles. The molecular formula is C13H20Cl2N4. The van der Waals surface area contributed by atoms with Gasteiger partial charge in [-0.2, -0.15) is 0 Å². The maximum Gasteiger partial charge on any atom is 0.147 e. The summed E-state index contributed by atoms with van der Waals surface area (Å²) < 4.78 is 0. The van der Waals surface area contributed by atoms with Crippen molar-refractivity contribution in [1.29, 1.82) is 0 Å². The number of nitrogens with two attached hydrogens (primary N) is 1. The molecule has 0 aliphatic carbocycles. The van der Waals surface area contributed by atoms with Crippen molar-refractivity contribution in [3.05, 3.63) is 16.1 Å². The number of nitrogens with one attached hydrogen (secondary N) is 1. The van der Waals surface area contributed by atoms with E-state index in [1.807, 2.05) is 0 Å². The molecule has 1 aromatic heterocycles. The molecule has 4 nitrogen and oxygen atoms in total. The average Bonchev–Trinajstić information content (AvgIpc) is 2.38. The fraction of sp³-hybridized carbons (Fsp3) is 0.615. The number of piperidine rings is 1. The fourth-order valence-electron chi connectivity index (χ4n) is 2.35. The molecule has 3 N–H and O–H groups in total. The molecule has 106 valence electrons. The van der Waals surface area contributed by atoms with Crippen molar-refractivity contribution >= 4 is 34.8 Å². The number of hydrogen-bond acceptors (Lipinski definition) is 4. The minimum Gasteiger partial charge on any atom is -0.382 e. The number of nitrogens with zero attached hydrogens (tertiary/aromatic N) is 2. The third-order valence-corrected chi connectivity index (χ3v) is 4.23. The van der Waals surface area contributed by atoms with Crippen LogP contribution in [0.25, 0.3) is 0 Å². The van der Waals surface area contributed by atoms with Crippen molar-refractivity contribution in [2.45, 2.75) is 19.3 Å². The van der Waals surface area contributed by atoms with Crippen molar-refractivity contribution in [3.8, 4) is 0 Å². The summed E-state index contributed by atoms with van der Waals surface area (Å²) in [6.45, 7) is 3.25. The van der Waals surface area contributed by atoms with Crippen molar-refractivity contribution in [3.63, 3.8) is 0 Å². The first kappa shape index (κ1) is 14.7. The average molecular weight is 303 g/mol. The molecule has 1 aliphatic heterocycles. The first-order chi connectivity index (χ1) is 9.06. The van der Waals surface area contributed by atoms with Gasteiger partial charge in [0, 0.05) is 6.54 Å². The Labute approximate surface area is 124 Å². The number of hydrogen-bond donors (Lipinski definition) is 2. The van der Waals surface area contributed by atoms with E-state index in [0.29, 0.717) is 21.7 Å². The summed E-state index contributed by atoms with van der Waals surface area (Å²) in [4.78, 5) is 6.54. The second-order valence-electron chi connectivity index (χ2n) is 5.15. The van der Waals surface area contributed by atoms with E-state index in [-0.39, 0.29) is 0 Å². The molecule has 0 spiro atoms. The van der Waals surface area contributed by atoms with Gasteiger partial charge in [-0.05, 0) is 51.4 Å². The van der Waals surface area contributed by atoms with E-state index < -0.39 is 0 Å². The Morgan fingerprint density at radius 3 is 2.74 bits per heavy atom. The van der Waals surface area contributed by atoms with Crippen molar-refractivity contribution < 1.29 is 0 Å². The molecule has 6 heteroatoms. The van der Waals surface area contributed by atoms with E-state index in [2.05, 4.69) is 22.2 Å². The zero-order valence-corrected chi connectivity index (χ0v) is 12.6. The summed E-state index contributed by atoms with van der Waals surface area (Å²) in [5.41, 5.74) is 5.67. The quantitative estimate of drug-likeness (QED) is 0.897. The largest absolute Gasteiger partial charge is 0.382 e. The number of nitrogen functional groups attached to an aromatic ring is 1. The lowest BCUT2D eigenvalue weighted by Gasteiger charge is -2.28. The van der Waals surface area contributed by atoms with Crippen LogP contribution in [0.3, 0.4) is 0 Å². The van der Waals surface area contributed by atoms with E-state index in [1.165, 1.54) is 25.9 Å². The summed E-state index contributed by atoms with van der Waals surface area (Å²) in [6, 6.07) is 1.63. The molecule has 1 fully saturated rings. The molecule has 0 radical (unpaired) electrons. The minimum atomic E-state index is 0.313. The molecule has 1 aliphatic rings. The van der Waals surface area contributed by atoms with E-state index in [4.69, 9.17) is 28.9 Å². The number of rotatable bonds is 4. The van der Waals surface area contributed by atoms with E-state index in [0.717, 1.165) is 18.9 Å². The van der Waals surface area contributed by atoms with Gasteiger partial charge in [-0.15, -0.1) is 0 Å². The molecule has 0 bridgehead atoms. The van der Waals surface area contributed by atoms with Gasteiger partial charge >= 0.3 is 0 Å². The molecule has 0 unspecified atom stereocenters. The molecule has 0 amide bonds. The number of likely N-dealkylation sites (tertiary alicyclic amines) is 1. The highest BCUT2D eigenvalue weighted by atomic mass is 35.5. The fourth-order valence-corrected chi connectivity index (χ4v) is 2.78. The lowest BCUT2D eigenvalue weighted by atomic mass is 9.94. The van der Waals surface area contributed by atoms with Gasteiger partial charge in [0.1, 0.15) is 11.6 Å². The minimum absolute atomic E-state index is 0.313. The Hall–Kier alpha value is -0.710. The van der Waals surface area contributed by atoms with Crippen LogP contribution in [0.5, 0.6) is 0 Å². The maximum absolute atomic E-state index is 6.07. The van der Waals surface area contributed by atoms with E-state index in [9.17, 15) is 0 Å². The summed E-state index contributed by atoms with van der Waals surface area (Å²) in [5, 5.41) is 4.15. The maximum atomic E-state index is 6.07. The predicted molar refractivity (Wildman–Crippen MR) is 82.0 cm³/mol. The Kier molecular flexibility index (Phi) is 5.13. The monoisotopic (exact) mass is 302 g/mol. The Morgan fingerprint density at radius 2 is 2.05 bits per heavy atom. The van der Waals surface area contributed by atoms with Crippen molar-refractivity contribution in [2.24, 2.45) is 5.92 Å². The number of aromatic nitrogens is 1. The van der Waals surface area contributed by atoms with Gasteiger partial charge in [0.05, 0.1) is 10.0 Å². The smallest absolute Gasteiger partial charge is 0.147 e. The van der Waals surface area contributed by atoms with Crippen LogP contribution in [0, 0.1) is 5.92 Å². The van der Waals surface area contributed by atoms with Crippen LogP contribution in [0.1, 0.15) is 19.3 Å². The highest BCUT2D eigenvalue weighted by molar-refractivity contribution is 6.37. The molecule has 0 aromatic carbocycles. The molecule has 1 aromatic rings. The van der Waals surface area contributed by atoms with Gasteiger partial charge in [0.15, 0.2) is 0 Å². The van der Waals surface area contributed by atoms with Gasteiger partial charge < -0.3 is 16.0 Å². The van der Waals surface area contributed by atoms with Crippen LogP contribution in [-0.4, -0.2) is 36.6 Å². The Balaban J connectivity index is 1.81. The Bertz CT molecular complexity index is 431. The normalized spacial score (nSPS) is 17.6. The molecule has 19 heavy (non-hydrogen) atoms. The second-order valence-corrected chi connectivity index (χ2v) is 5.96. The molecule has 2 rings (SSSR count). The van der Waals surface area contributed by atoms with Crippen LogP contribution < -0.4 is 11.1 Å². The van der Waals surface area contributed by atoms with Gasteiger partial charge in [-0.1, -0.05) is 23.2 Å². The Morgan fingerprint density at radius 1 is 1.37 bits per heavy atom. The van der Waals surface area contributed by atoms with Gasteiger partial charge in [0.2, 0.25) is 0 Å². The third-order valence-electron chi connectivity index (χ3n) is 3.64. The highest BCUT2D eigenvalue weighted by Gasteiger charge is 2.16. The van der Waals surface area contributed by atoms with Crippen molar-refractivity contribution in [1.82, 2.24) is 9.88 Å². The first-order valence-electron chi connectivity index (χ1n) is 6.60. The predicted octanol–water partition coefficient (Wildman–Crippen LogP) is 3.11. The zero-order chi connectivity index (χ0) is 13.8. The van der Waals surface area contributed by atoms with E-state index in [1.54, 1.807) is 6.07 Å². The number of pyridine rings is 1. The van der Waals surface area contributed by atoms with Crippen LogP contribution in [-0.2, 0) is 0 Å². The van der Waals surface area contributed by atoms with Gasteiger partial charge in [-0.25, -0.2) is 4.98 Å². The van der Waals surface area contributed by atoms with Crippen LogP contribution in [0.15, 0.2) is 6.07 Å². The third kappa shape index (κ3) is 4.13. The molecule has 2 heterocycles. The SMILES string of the molecule is CN1CCC(CCNc2nc(N)c(Cl)cc2Cl)CC1. The summed E-state index contributed by atoms with van der Waals surface area (Å²) in [7, 11) is 2.18. The lowest BCUT2D eigenvalue weighted by molar-refractivity contribution is 0.215. The zero-order valence-electron chi connectivity index (χ0n) is 11.1. The molecule has 1 saturated heterocycles. The topological polar surface area (TPSA) is 54.2 Å². The van der Waals surface area contributed by atoms with Gasteiger partial charge in [-0.3, -0.25) is 0 Å². The number of anilines is 2.